The summed E-state index contributed by atoms with van der Waals surface area (Å²) in [7, 11) is 4.93. The fraction of sp³-hybridized carbons (Fsp3) is 0.130. The maximum absolute atomic E-state index is 12.3. The lowest BCUT2D eigenvalue weighted by atomic mass is 10.1. The second-order valence-electron chi connectivity index (χ2n) is 6.50. The Balaban J connectivity index is 1.92. The van der Waals surface area contributed by atoms with Crippen LogP contribution in [-0.2, 0) is 9.53 Å². The van der Waals surface area contributed by atoms with Crippen LogP contribution in [0.1, 0.15) is 11.1 Å². The number of ether oxygens (including phenoxy) is 3. The molecule has 3 rings (SSSR count). The van der Waals surface area contributed by atoms with Crippen molar-refractivity contribution in [3.8, 4) is 29.3 Å². The van der Waals surface area contributed by atoms with Crippen molar-refractivity contribution in [2.24, 2.45) is 0 Å². The molecule has 1 aromatic heterocycles. The van der Waals surface area contributed by atoms with Gasteiger partial charge in [0.05, 0.1) is 24.3 Å². The molecule has 156 valence electrons. The first kappa shape index (κ1) is 21.3. The highest BCUT2D eigenvalue weighted by molar-refractivity contribution is 6.17. The molecule has 0 aliphatic carbocycles. The number of hydrogen-bond acceptors (Lipinski definition) is 8. The molecule has 0 atom stereocenters. The maximum Gasteiger partial charge on any atom is 0.340 e. The highest BCUT2D eigenvalue weighted by Crippen LogP contribution is 2.32. The SMILES string of the molecule is COC(=O)C(=CN(C)C)c1ccccc1Oc1cc(Oc2ccccc2C#N)ncn1. The van der Waals surface area contributed by atoms with Crippen LogP contribution in [0.25, 0.3) is 5.57 Å². The van der Waals surface area contributed by atoms with Gasteiger partial charge in [0.25, 0.3) is 0 Å². The maximum atomic E-state index is 12.3. The summed E-state index contributed by atoms with van der Waals surface area (Å²) in [5.41, 5.74) is 1.25. The number of methoxy groups -OCH3 is 1. The third-order valence-corrected chi connectivity index (χ3v) is 4.02. The average molecular weight is 416 g/mol. The quantitative estimate of drug-likeness (QED) is 0.421. The van der Waals surface area contributed by atoms with Crippen molar-refractivity contribution in [3.63, 3.8) is 0 Å². The van der Waals surface area contributed by atoms with Crippen molar-refractivity contribution in [1.29, 1.82) is 5.26 Å². The predicted octanol–water partition coefficient (Wildman–Crippen LogP) is 4.01. The van der Waals surface area contributed by atoms with Crippen molar-refractivity contribution in [2.45, 2.75) is 0 Å². The third-order valence-electron chi connectivity index (χ3n) is 4.02. The summed E-state index contributed by atoms with van der Waals surface area (Å²) in [4.78, 5) is 22.3. The molecule has 0 amide bonds. The number of rotatable bonds is 7. The van der Waals surface area contributed by atoms with Crippen LogP contribution < -0.4 is 9.47 Å². The minimum absolute atomic E-state index is 0.209. The minimum Gasteiger partial charge on any atom is -0.465 e. The second kappa shape index (κ2) is 9.89. The second-order valence-corrected chi connectivity index (χ2v) is 6.50. The molecule has 0 aliphatic heterocycles. The first-order valence-corrected chi connectivity index (χ1v) is 9.24. The lowest BCUT2D eigenvalue weighted by Gasteiger charge is -2.14. The molecule has 0 fully saturated rings. The summed E-state index contributed by atoms with van der Waals surface area (Å²) in [5, 5.41) is 9.22. The van der Waals surface area contributed by atoms with Crippen LogP contribution >= 0.6 is 0 Å². The minimum atomic E-state index is -0.496. The van der Waals surface area contributed by atoms with Gasteiger partial charge in [-0.15, -0.1) is 0 Å². The Morgan fingerprint density at radius 2 is 1.61 bits per heavy atom. The zero-order valence-electron chi connectivity index (χ0n) is 17.3. The number of esters is 1. The van der Waals surface area contributed by atoms with Gasteiger partial charge in [-0.05, 0) is 18.2 Å². The normalized spacial score (nSPS) is 10.7. The Morgan fingerprint density at radius 3 is 2.26 bits per heavy atom. The number of nitrogens with zero attached hydrogens (tertiary/aromatic N) is 4. The highest BCUT2D eigenvalue weighted by atomic mass is 16.5. The van der Waals surface area contributed by atoms with E-state index in [9.17, 15) is 10.1 Å². The van der Waals surface area contributed by atoms with Gasteiger partial charge in [-0.3, -0.25) is 0 Å². The molecule has 0 bridgehead atoms. The van der Waals surface area contributed by atoms with E-state index < -0.39 is 5.97 Å². The van der Waals surface area contributed by atoms with Crippen molar-refractivity contribution >= 4 is 11.5 Å². The lowest BCUT2D eigenvalue weighted by molar-refractivity contribution is -0.133. The van der Waals surface area contributed by atoms with Crippen LogP contribution in [0.15, 0.2) is 67.1 Å². The lowest BCUT2D eigenvalue weighted by Crippen LogP contribution is -2.10. The van der Waals surface area contributed by atoms with Crippen molar-refractivity contribution in [1.82, 2.24) is 14.9 Å². The molecule has 0 saturated carbocycles. The summed E-state index contributed by atoms with van der Waals surface area (Å²) in [5.74, 6) is 0.702. The molecule has 0 N–H and O–H groups in total. The number of benzene rings is 2. The Labute approximate surface area is 180 Å². The number of carbonyl (C=O) groups is 1. The summed E-state index contributed by atoms with van der Waals surface area (Å²) in [6.07, 6.45) is 2.94. The van der Waals surface area contributed by atoms with Crippen LogP contribution in [0, 0.1) is 11.3 Å². The standard InChI is InChI=1S/C23H20N4O4/c1-27(2)14-18(23(28)29-3)17-9-5-7-11-20(17)31-22-12-21(25-15-26-22)30-19-10-6-4-8-16(19)13-24/h4-12,14-15H,1-3H3. The molecule has 0 saturated heterocycles. The van der Waals surface area contributed by atoms with Crippen molar-refractivity contribution in [3.05, 3.63) is 78.3 Å². The number of aromatic nitrogens is 2. The largest absolute Gasteiger partial charge is 0.465 e. The third kappa shape index (κ3) is 5.36. The van der Waals surface area contributed by atoms with E-state index in [-0.39, 0.29) is 11.8 Å². The van der Waals surface area contributed by atoms with E-state index in [4.69, 9.17) is 14.2 Å². The van der Waals surface area contributed by atoms with Gasteiger partial charge in [-0.2, -0.15) is 5.26 Å². The molecule has 0 aliphatic rings. The molecular formula is C23H20N4O4. The van der Waals surface area contributed by atoms with Crippen LogP contribution in [0.4, 0.5) is 0 Å². The molecular weight excluding hydrogens is 396 g/mol. The molecule has 8 heteroatoms. The number of para-hydroxylation sites is 2. The van der Waals surface area contributed by atoms with Gasteiger partial charge in [0.15, 0.2) is 0 Å². The highest BCUT2D eigenvalue weighted by Gasteiger charge is 2.18. The van der Waals surface area contributed by atoms with Crippen molar-refractivity contribution < 1.29 is 19.0 Å². The number of carbonyl (C=O) groups excluding carboxylic acids is 1. The van der Waals surface area contributed by atoms with Crippen LogP contribution in [0.3, 0.4) is 0 Å². The van der Waals surface area contributed by atoms with Gasteiger partial charge in [0.2, 0.25) is 11.8 Å². The van der Waals surface area contributed by atoms with Crippen LogP contribution in [-0.4, -0.2) is 42.0 Å². The Morgan fingerprint density at radius 1 is 1.00 bits per heavy atom. The Bertz CT molecular complexity index is 1150. The van der Waals surface area contributed by atoms with Gasteiger partial charge < -0.3 is 19.1 Å². The topological polar surface area (TPSA) is 97.6 Å². The first-order chi connectivity index (χ1) is 15.0. The van der Waals surface area contributed by atoms with E-state index in [1.54, 1.807) is 73.7 Å². The molecule has 3 aromatic rings. The first-order valence-electron chi connectivity index (χ1n) is 9.24. The fourth-order valence-corrected chi connectivity index (χ4v) is 2.69. The molecule has 31 heavy (non-hydrogen) atoms. The summed E-state index contributed by atoms with van der Waals surface area (Å²) >= 11 is 0. The Hall–Kier alpha value is -4.38. The molecule has 0 unspecified atom stereocenters. The van der Waals surface area contributed by atoms with Crippen molar-refractivity contribution in [2.75, 3.05) is 21.2 Å². The van der Waals surface area contributed by atoms with E-state index >= 15 is 0 Å². The molecule has 2 aromatic carbocycles. The average Bonchev–Trinajstić information content (AvgIpc) is 2.78. The van der Waals surface area contributed by atoms with E-state index in [1.807, 2.05) is 0 Å². The van der Waals surface area contributed by atoms with Gasteiger partial charge >= 0.3 is 5.97 Å². The van der Waals surface area contributed by atoms with Crippen LogP contribution in [0.2, 0.25) is 0 Å². The fourth-order valence-electron chi connectivity index (χ4n) is 2.69. The molecule has 8 nitrogen and oxygen atoms in total. The van der Waals surface area contributed by atoms with E-state index in [1.165, 1.54) is 19.5 Å². The smallest absolute Gasteiger partial charge is 0.340 e. The van der Waals surface area contributed by atoms with Gasteiger partial charge in [0, 0.05) is 25.9 Å². The summed E-state index contributed by atoms with van der Waals surface area (Å²) in [6, 6.07) is 17.4. The zero-order chi connectivity index (χ0) is 22.2. The van der Waals surface area contributed by atoms with Gasteiger partial charge in [-0.1, -0.05) is 30.3 Å². The number of hydrogen-bond donors (Lipinski definition) is 0. The summed E-state index contributed by atoms with van der Waals surface area (Å²) < 4.78 is 16.6. The molecule has 0 radical (unpaired) electrons. The summed E-state index contributed by atoms with van der Waals surface area (Å²) in [6.45, 7) is 0. The molecule has 0 spiro atoms. The van der Waals surface area contributed by atoms with Gasteiger partial charge in [-0.25, -0.2) is 14.8 Å². The van der Waals surface area contributed by atoms with E-state index in [2.05, 4.69) is 16.0 Å². The monoisotopic (exact) mass is 416 g/mol. The number of nitriles is 1. The van der Waals surface area contributed by atoms with E-state index in [0.717, 1.165) is 0 Å². The Kier molecular flexibility index (Phi) is 6.81. The van der Waals surface area contributed by atoms with E-state index in [0.29, 0.717) is 28.2 Å². The molecule has 1 heterocycles. The van der Waals surface area contributed by atoms with Crippen LogP contribution in [0.5, 0.6) is 23.3 Å². The zero-order valence-corrected chi connectivity index (χ0v) is 17.3. The predicted molar refractivity (Wildman–Crippen MR) is 113 cm³/mol. The van der Waals surface area contributed by atoms with Gasteiger partial charge in [0.1, 0.15) is 23.9 Å².